The summed E-state index contributed by atoms with van der Waals surface area (Å²) < 4.78 is 16.2. The van der Waals surface area contributed by atoms with E-state index in [0.29, 0.717) is 23.4 Å². The number of anilines is 2. The van der Waals surface area contributed by atoms with E-state index >= 15 is 4.39 Å². The molecule has 0 bridgehead atoms. The molecule has 1 aliphatic carbocycles. The number of rotatable bonds is 7. The highest BCUT2D eigenvalue weighted by Crippen LogP contribution is 2.44. The highest BCUT2D eigenvalue weighted by Gasteiger charge is 2.24. The predicted octanol–water partition coefficient (Wildman–Crippen LogP) is 6.13. The fourth-order valence-electron chi connectivity index (χ4n) is 5.72. The van der Waals surface area contributed by atoms with Gasteiger partial charge in [-0.25, -0.2) is 19.3 Å². The smallest absolute Gasteiger partial charge is 0.229 e. The molecule has 1 N–H and O–H groups in total. The van der Waals surface area contributed by atoms with Gasteiger partial charge < -0.3 is 10.2 Å². The van der Waals surface area contributed by atoms with Crippen molar-refractivity contribution < 1.29 is 4.39 Å². The lowest BCUT2D eigenvalue weighted by molar-refractivity contribution is 0.132. The fraction of sp³-hybridized carbons (Fsp3) is 0.448. The topological polar surface area (TPSA) is 70.1 Å². The number of pyridine rings is 2. The minimum absolute atomic E-state index is 0.309. The largest absolute Gasteiger partial charge is 0.309 e. The van der Waals surface area contributed by atoms with Gasteiger partial charge in [-0.15, -0.1) is 11.3 Å². The summed E-state index contributed by atoms with van der Waals surface area (Å²) in [6.07, 6.45) is 9.99. The molecule has 0 spiro atoms. The Morgan fingerprint density at radius 2 is 1.79 bits per heavy atom. The van der Waals surface area contributed by atoms with Crippen LogP contribution in [0.25, 0.3) is 20.8 Å². The highest BCUT2D eigenvalue weighted by atomic mass is 32.1. The Morgan fingerprint density at radius 1 is 1.00 bits per heavy atom. The van der Waals surface area contributed by atoms with E-state index < -0.39 is 5.82 Å². The first-order chi connectivity index (χ1) is 18.6. The zero-order valence-corrected chi connectivity index (χ0v) is 22.9. The normalized spacial score (nSPS) is 17.4. The molecule has 1 saturated carbocycles. The van der Waals surface area contributed by atoms with Crippen LogP contribution in [0.1, 0.15) is 55.2 Å². The average molecular weight is 532 g/mol. The number of nitrogens with one attached hydrogen (secondary N) is 1. The van der Waals surface area contributed by atoms with Crippen molar-refractivity contribution in [3.8, 4) is 10.6 Å². The fourth-order valence-corrected chi connectivity index (χ4v) is 7.07. The van der Waals surface area contributed by atoms with Gasteiger partial charge in [0, 0.05) is 45.1 Å². The van der Waals surface area contributed by atoms with Crippen LogP contribution < -0.4 is 5.32 Å². The third kappa shape index (κ3) is 5.15. The molecule has 0 unspecified atom stereocenters. The molecular formula is C29H34FN7S. The number of aryl methyl sites for hydroxylation is 1. The number of fused-ring (bicyclic) bond motifs is 1. The zero-order valence-electron chi connectivity index (χ0n) is 22.1. The summed E-state index contributed by atoms with van der Waals surface area (Å²) in [4.78, 5) is 23.8. The van der Waals surface area contributed by atoms with Crippen LogP contribution in [-0.2, 0) is 6.54 Å². The van der Waals surface area contributed by atoms with E-state index in [1.54, 1.807) is 11.3 Å². The summed E-state index contributed by atoms with van der Waals surface area (Å²) in [6, 6.07) is 6.16. The molecule has 6 rings (SSSR count). The van der Waals surface area contributed by atoms with E-state index in [1.165, 1.54) is 43.0 Å². The SMILES string of the molecule is CCN1CCN(Cc2ccc(Nc3ncc(F)c(-c4sc5c(C6CCCC6)ccnc5c4C)n3)nc2)CC1. The van der Waals surface area contributed by atoms with Crippen LogP contribution in [0.4, 0.5) is 16.2 Å². The first-order valence-corrected chi connectivity index (χ1v) is 14.5. The Labute approximate surface area is 227 Å². The van der Waals surface area contributed by atoms with Gasteiger partial charge in [-0.1, -0.05) is 25.8 Å². The molecule has 38 heavy (non-hydrogen) atoms. The zero-order chi connectivity index (χ0) is 26.1. The van der Waals surface area contributed by atoms with Crippen LogP contribution in [0.15, 0.2) is 36.8 Å². The molecule has 5 heterocycles. The second kappa shape index (κ2) is 11.0. The maximum absolute atomic E-state index is 15.0. The molecule has 198 valence electrons. The Balaban J connectivity index is 1.20. The van der Waals surface area contributed by atoms with E-state index in [0.717, 1.165) is 59.9 Å². The number of likely N-dealkylation sites (N-methyl/N-ethyl adjacent to an activating group) is 1. The molecule has 0 amide bonds. The van der Waals surface area contributed by atoms with E-state index in [-0.39, 0.29) is 0 Å². The van der Waals surface area contributed by atoms with Crippen LogP contribution >= 0.6 is 11.3 Å². The molecule has 0 atom stereocenters. The number of piperazine rings is 1. The van der Waals surface area contributed by atoms with Gasteiger partial charge in [0.15, 0.2) is 5.82 Å². The van der Waals surface area contributed by atoms with Crippen molar-refractivity contribution in [3.05, 3.63) is 59.3 Å². The molecular weight excluding hydrogens is 497 g/mol. The van der Waals surface area contributed by atoms with Crippen molar-refractivity contribution in [1.29, 1.82) is 0 Å². The molecule has 0 aromatic carbocycles. The van der Waals surface area contributed by atoms with Crippen molar-refractivity contribution in [2.45, 2.75) is 52.0 Å². The lowest BCUT2D eigenvalue weighted by Crippen LogP contribution is -2.45. The Morgan fingerprint density at radius 3 is 2.53 bits per heavy atom. The summed E-state index contributed by atoms with van der Waals surface area (Å²) in [5.74, 6) is 1.10. The first-order valence-electron chi connectivity index (χ1n) is 13.7. The molecule has 9 heteroatoms. The lowest BCUT2D eigenvalue weighted by atomic mass is 9.98. The monoisotopic (exact) mass is 531 g/mol. The summed E-state index contributed by atoms with van der Waals surface area (Å²) >= 11 is 1.60. The number of hydrogen-bond acceptors (Lipinski definition) is 8. The predicted molar refractivity (Wildman–Crippen MR) is 151 cm³/mol. The van der Waals surface area contributed by atoms with Gasteiger partial charge in [0.2, 0.25) is 5.95 Å². The van der Waals surface area contributed by atoms with Gasteiger partial charge in [-0.2, -0.15) is 0 Å². The van der Waals surface area contributed by atoms with E-state index in [2.05, 4.69) is 54.1 Å². The number of halogens is 1. The van der Waals surface area contributed by atoms with Crippen LogP contribution in [0.2, 0.25) is 0 Å². The maximum atomic E-state index is 15.0. The highest BCUT2D eigenvalue weighted by molar-refractivity contribution is 7.22. The van der Waals surface area contributed by atoms with E-state index in [9.17, 15) is 0 Å². The van der Waals surface area contributed by atoms with Crippen LogP contribution in [-0.4, -0.2) is 62.5 Å². The standard InChI is InChI=1S/C29H34FN7S/c1-3-36-12-14-37(15-13-36)18-20-8-9-24(32-16-20)34-29-33-17-23(30)26(35-29)27-19(2)25-28(38-27)22(10-11-31-25)21-6-4-5-7-21/h8-11,16-17,21H,3-7,12-15,18H2,1-2H3,(H,32,33,34,35). The Bertz CT molecular complexity index is 1410. The lowest BCUT2D eigenvalue weighted by Gasteiger charge is -2.33. The van der Waals surface area contributed by atoms with Crippen molar-refractivity contribution in [1.82, 2.24) is 29.7 Å². The van der Waals surface area contributed by atoms with Crippen LogP contribution in [0.5, 0.6) is 0 Å². The quantitative estimate of drug-likeness (QED) is 0.307. The second-order valence-electron chi connectivity index (χ2n) is 10.4. The summed E-state index contributed by atoms with van der Waals surface area (Å²) in [6.45, 7) is 10.6. The molecule has 4 aromatic rings. The molecule has 2 aliphatic rings. The van der Waals surface area contributed by atoms with Crippen molar-refractivity contribution in [2.75, 3.05) is 38.0 Å². The van der Waals surface area contributed by atoms with Gasteiger partial charge in [0.1, 0.15) is 11.5 Å². The average Bonchev–Trinajstić information content (AvgIpc) is 3.60. The minimum Gasteiger partial charge on any atom is -0.309 e. The first kappa shape index (κ1) is 25.3. The van der Waals surface area contributed by atoms with Gasteiger partial charge in [-0.3, -0.25) is 9.88 Å². The van der Waals surface area contributed by atoms with Gasteiger partial charge in [-0.05, 0) is 61.1 Å². The third-order valence-corrected chi connectivity index (χ3v) is 9.31. The van der Waals surface area contributed by atoms with Crippen LogP contribution in [0, 0.1) is 12.7 Å². The molecule has 0 radical (unpaired) electrons. The Hall–Kier alpha value is -3.01. The number of aromatic nitrogens is 4. The summed E-state index contributed by atoms with van der Waals surface area (Å²) in [7, 11) is 0. The Kier molecular flexibility index (Phi) is 7.32. The van der Waals surface area contributed by atoms with Gasteiger partial charge in [0.25, 0.3) is 0 Å². The summed E-state index contributed by atoms with van der Waals surface area (Å²) in [5, 5.41) is 3.16. The molecule has 1 aliphatic heterocycles. The number of thiophene rings is 1. The minimum atomic E-state index is -0.431. The van der Waals surface area contributed by atoms with Crippen molar-refractivity contribution >= 4 is 33.3 Å². The molecule has 1 saturated heterocycles. The van der Waals surface area contributed by atoms with E-state index in [1.807, 2.05) is 25.4 Å². The van der Waals surface area contributed by atoms with Gasteiger partial charge >= 0.3 is 0 Å². The number of hydrogen-bond donors (Lipinski definition) is 1. The maximum Gasteiger partial charge on any atom is 0.229 e. The van der Waals surface area contributed by atoms with Crippen molar-refractivity contribution in [2.24, 2.45) is 0 Å². The third-order valence-electron chi connectivity index (χ3n) is 7.97. The van der Waals surface area contributed by atoms with Crippen LogP contribution in [0.3, 0.4) is 0 Å². The summed E-state index contributed by atoms with van der Waals surface area (Å²) in [5.41, 5.74) is 4.75. The van der Waals surface area contributed by atoms with Gasteiger partial charge in [0.05, 0.1) is 21.3 Å². The molecule has 7 nitrogen and oxygen atoms in total. The molecule has 4 aromatic heterocycles. The molecule has 2 fully saturated rings. The number of nitrogens with zero attached hydrogens (tertiary/aromatic N) is 6. The van der Waals surface area contributed by atoms with E-state index in [4.69, 9.17) is 0 Å². The van der Waals surface area contributed by atoms with Crippen molar-refractivity contribution in [3.63, 3.8) is 0 Å². The second-order valence-corrected chi connectivity index (χ2v) is 11.4.